The Morgan fingerprint density at radius 2 is 1.32 bits per heavy atom. The monoisotopic (exact) mass is 951 g/mol. The Labute approximate surface area is 409 Å². The molecule has 0 spiro atoms. The van der Waals surface area contributed by atoms with Crippen LogP contribution in [0.4, 0.5) is 11.6 Å². The molecule has 2 aromatic carbocycles. The van der Waals surface area contributed by atoms with E-state index in [0.29, 0.717) is 69.9 Å². The van der Waals surface area contributed by atoms with Gasteiger partial charge in [0.25, 0.3) is 11.8 Å². The van der Waals surface area contributed by atoms with Gasteiger partial charge in [-0.1, -0.05) is 24.3 Å². The SMILES string of the molecule is Cc1cc(-c2cnn3c(NCC4CC4)cc(Oc4ccc[n+](C5CC5NC(=O)c5ccc(-c6cnn7c(NCC8CC(C)(O)C8)cc(Oc8cccnc8)nc67)cc5C)c4)nc23)ccc1C(=O)NC1CC1. The highest BCUT2D eigenvalue weighted by Gasteiger charge is 2.47. The number of nitrogens with one attached hydrogen (secondary N) is 4. The van der Waals surface area contributed by atoms with Gasteiger partial charge < -0.3 is 35.8 Å². The molecule has 0 bridgehead atoms. The summed E-state index contributed by atoms with van der Waals surface area (Å²) in [4.78, 5) is 40.8. The lowest BCUT2D eigenvalue weighted by atomic mass is 9.72. The number of pyridine rings is 2. The fraction of sp³-hybridized carbons (Fsp3) is 0.333. The van der Waals surface area contributed by atoms with Crippen LogP contribution >= 0.6 is 0 Å². The average Bonchev–Trinajstić information content (AvgIpc) is 4.31. The van der Waals surface area contributed by atoms with E-state index in [-0.39, 0.29) is 29.9 Å². The molecule has 2 unspecified atom stereocenters. The van der Waals surface area contributed by atoms with Crippen molar-refractivity contribution in [1.82, 2.24) is 44.8 Å². The van der Waals surface area contributed by atoms with Crippen LogP contribution in [0.2, 0.25) is 0 Å². The number of hydrogen-bond donors (Lipinski definition) is 5. The van der Waals surface area contributed by atoms with Crippen molar-refractivity contribution in [3.8, 4) is 45.5 Å². The van der Waals surface area contributed by atoms with E-state index in [1.54, 1.807) is 29.2 Å². The van der Waals surface area contributed by atoms with Crippen molar-refractivity contribution in [3.63, 3.8) is 0 Å². The van der Waals surface area contributed by atoms with Gasteiger partial charge in [0.2, 0.25) is 18.0 Å². The molecule has 4 fully saturated rings. The number of aromatic nitrogens is 8. The van der Waals surface area contributed by atoms with E-state index < -0.39 is 5.60 Å². The zero-order valence-corrected chi connectivity index (χ0v) is 39.8. The van der Waals surface area contributed by atoms with Gasteiger partial charge in [0, 0.05) is 72.2 Å². The van der Waals surface area contributed by atoms with E-state index in [1.807, 2.05) is 111 Å². The van der Waals surface area contributed by atoms with Crippen molar-refractivity contribution >= 4 is 34.7 Å². The predicted molar refractivity (Wildman–Crippen MR) is 266 cm³/mol. The van der Waals surface area contributed by atoms with Crippen LogP contribution in [-0.4, -0.2) is 81.9 Å². The maximum atomic E-state index is 13.9. The first kappa shape index (κ1) is 44.3. The molecular weight excluding hydrogens is 897 g/mol. The van der Waals surface area contributed by atoms with Crippen molar-refractivity contribution < 1.29 is 28.7 Å². The van der Waals surface area contributed by atoms with E-state index in [9.17, 15) is 14.7 Å². The molecule has 17 nitrogen and oxygen atoms in total. The number of nitrogens with zero attached hydrogens (tertiary/aromatic N) is 8. The first-order valence-corrected chi connectivity index (χ1v) is 24.5. The highest BCUT2D eigenvalue weighted by atomic mass is 16.5. The Balaban J connectivity index is 0.741. The molecule has 2 amide bonds. The van der Waals surface area contributed by atoms with Crippen LogP contribution in [-0.2, 0) is 0 Å². The molecule has 4 aliphatic rings. The highest BCUT2D eigenvalue weighted by molar-refractivity contribution is 5.98. The van der Waals surface area contributed by atoms with Gasteiger partial charge in [0.15, 0.2) is 29.3 Å². The van der Waals surface area contributed by atoms with E-state index >= 15 is 0 Å². The smallest absolute Gasteiger partial charge is 0.252 e. The lowest BCUT2D eigenvalue weighted by molar-refractivity contribution is -0.701. The van der Waals surface area contributed by atoms with Gasteiger partial charge in [-0.05, 0) is 124 Å². The molecule has 6 heterocycles. The third-order valence-electron chi connectivity index (χ3n) is 14.0. The van der Waals surface area contributed by atoms with Crippen molar-refractivity contribution in [2.45, 2.75) is 89.4 Å². The molecule has 8 aromatic rings. The number of aliphatic hydroxyl groups is 1. The van der Waals surface area contributed by atoms with Crippen LogP contribution in [0.3, 0.4) is 0 Å². The Morgan fingerprint density at radius 1 is 0.732 bits per heavy atom. The Morgan fingerprint density at radius 3 is 1.89 bits per heavy atom. The maximum absolute atomic E-state index is 13.9. The van der Waals surface area contributed by atoms with Crippen molar-refractivity contribution in [2.24, 2.45) is 11.8 Å². The highest BCUT2D eigenvalue weighted by Crippen LogP contribution is 2.39. The van der Waals surface area contributed by atoms with Gasteiger partial charge in [-0.2, -0.15) is 33.8 Å². The molecule has 17 heteroatoms. The number of rotatable bonds is 17. The van der Waals surface area contributed by atoms with Crippen LogP contribution in [0.5, 0.6) is 23.3 Å². The summed E-state index contributed by atoms with van der Waals surface area (Å²) < 4.78 is 18.3. The quantitative estimate of drug-likeness (QED) is 0.0552. The fourth-order valence-electron chi connectivity index (χ4n) is 9.75. The number of fused-ring (bicyclic) bond motifs is 2. The number of anilines is 2. The number of benzene rings is 2. The zero-order chi connectivity index (χ0) is 48.4. The number of amides is 2. The minimum Gasteiger partial charge on any atom is -0.437 e. The van der Waals surface area contributed by atoms with Crippen molar-refractivity contribution in [2.75, 3.05) is 23.7 Å². The minimum absolute atomic E-state index is 0.0410. The van der Waals surface area contributed by atoms with Gasteiger partial charge >= 0.3 is 0 Å². The number of hydrogen-bond acceptors (Lipinski definition) is 12. The second kappa shape index (κ2) is 17.8. The summed E-state index contributed by atoms with van der Waals surface area (Å²) in [6.07, 6.45) is 17.6. The molecule has 2 atom stereocenters. The minimum atomic E-state index is -0.622. The van der Waals surface area contributed by atoms with Gasteiger partial charge in [-0.25, -0.2) is 0 Å². The molecule has 6 aromatic heterocycles. The first-order chi connectivity index (χ1) is 34.5. The second-order valence-corrected chi connectivity index (χ2v) is 20.1. The summed E-state index contributed by atoms with van der Waals surface area (Å²) in [7, 11) is 0. The summed E-state index contributed by atoms with van der Waals surface area (Å²) in [5.41, 5.74) is 6.96. The van der Waals surface area contributed by atoms with E-state index in [1.165, 1.54) is 12.8 Å². The van der Waals surface area contributed by atoms with Crippen LogP contribution in [0.15, 0.2) is 110 Å². The molecule has 360 valence electrons. The maximum Gasteiger partial charge on any atom is 0.252 e. The first-order valence-electron chi connectivity index (χ1n) is 24.5. The second-order valence-electron chi connectivity index (χ2n) is 20.1. The summed E-state index contributed by atoms with van der Waals surface area (Å²) >= 11 is 0. The zero-order valence-electron chi connectivity index (χ0n) is 39.8. The molecule has 71 heavy (non-hydrogen) atoms. The van der Waals surface area contributed by atoms with E-state index in [2.05, 4.69) is 30.8 Å². The third-order valence-corrected chi connectivity index (χ3v) is 14.0. The van der Waals surface area contributed by atoms with Crippen LogP contribution in [0.1, 0.15) is 89.8 Å². The lowest BCUT2D eigenvalue weighted by Gasteiger charge is -2.41. The fourth-order valence-corrected chi connectivity index (χ4v) is 9.75. The van der Waals surface area contributed by atoms with Crippen LogP contribution in [0.25, 0.3) is 33.5 Å². The number of aryl methyl sites for hydroxylation is 2. The normalized spacial score (nSPS) is 20.3. The number of carbonyl (C=O) groups is 2. The third kappa shape index (κ3) is 9.44. The molecule has 4 saturated carbocycles. The number of ether oxygens (including phenoxy) is 2. The topological polar surface area (TPSA) is 198 Å². The number of carbonyl (C=O) groups excluding carboxylic acids is 2. The van der Waals surface area contributed by atoms with Crippen LogP contribution < -0.4 is 35.3 Å². The largest absolute Gasteiger partial charge is 0.437 e. The molecule has 0 radical (unpaired) electrons. The summed E-state index contributed by atoms with van der Waals surface area (Å²) in [5.74, 6) is 4.25. The van der Waals surface area contributed by atoms with E-state index in [0.717, 1.165) is 77.8 Å². The standard InChI is InChI=1S/C54H54N12O5/c1-31-18-35(10-14-40(31)52(67)60-37-12-13-37)43-29-58-65-46(56-25-33-8-9-33)22-49(63-51(43)65)71-39-7-5-17-64(30-39)45-20-44(45)61-53(68)41-15-11-36(19-32(41)2)42-28-59-66-47(57-26-34-23-54(3,69)24-34)21-48(62-50(42)66)70-38-6-4-16-55-27-38/h4-7,10-11,14-19,21-22,27-30,33-34,37,44-45,69H,8-9,12-13,20,23-26H2,1-3H3,(H3-,56,57,58,59,60,61,62,63,67,68)/p+1. The lowest BCUT2D eigenvalue weighted by Crippen LogP contribution is -2.43. The molecule has 12 rings (SSSR count). The van der Waals surface area contributed by atoms with Crippen LogP contribution in [0, 0.1) is 25.7 Å². The molecule has 0 aliphatic heterocycles. The molecule has 5 N–H and O–H groups in total. The van der Waals surface area contributed by atoms with Gasteiger partial charge in [-0.15, -0.1) is 0 Å². The van der Waals surface area contributed by atoms with Crippen molar-refractivity contribution in [3.05, 3.63) is 132 Å². The summed E-state index contributed by atoms with van der Waals surface area (Å²) in [5, 5.41) is 33.2. The van der Waals surface area contributed by atoms with Gasteiger partial charge in [0.1, 0.15) is 17.4 Å². The summed E-state index contributed by atoms with van der Waals surface area (Å²) in [6.45, 7) is 7.26. The Bertz CT molecular complexity index is 3360. The Hall–Kier alpha value is -7.92. The summed E-state index contributed by atoms with van der Waals surface area (Å²) in [6, 6.07) is 23.1. The molecular formula is C54H55N12O5+. The average molecular weight is 952 g/mol. The van der Waals surface area contributed by atoms with Gasteiger partial charge in [-0.3, -0.25) is 14.6 Å². The Kier molecular flexibility index (Phi) is 11.1. The van der Waals surface area contributed by atoms with Gasteiger partial charge in [0.05, 0.1) is 30.2 Å². The predicted octanol–water partition coefficient (Wildman–Crippen LogP) is 8.02. The van der Waals surface area contributed by atoms with E-state index in [4.69, 9.17) is 29.6 Å². The molecule has 0 saturated heterocycles. The molecule has 4 aliphatic carbocycles. The van der Waals surface area contributed by atoms with Crippen molar-refractivity contribution in [1.29, 1.82) is 0 Å².